The molecule has 0 atom stereocenters. The van der Waals surface area contributed by atoms with Crippen LogP contribution >= 0.6 is 0 Å². The minimum Gasteiger partial charge on any atom is -0.395 e. The van der Waals surface area contributed by atoms with Crippen molar-refractivity contribution in [1.82, 2.24) is 14.9 Å². The van der Waals surface area contributed by atoms with Gasteiger partial charge in [-0.1, -0.05) is 72.8 Å². The first kappa shape index (κ1) is 28.6. The Kier molecular flexibility index (Phi) is 9.21. The molecule has 0 radical (unpaired) electrons. The third-order valence-corrected chi connectivity index (χ3v) is 7.67. The van der Waals surface area contributed by atoms with Crippen molar-refractivity contribution in [2.45, 2.75) is 18.4 Å². The zero-order valence-electron chi connectivity index (χ0n) is 23.0. The van der Waals surface area contributed by atoms with E-state index >= 15 is 0 Å². The summed E-state index contributed by atoms with van der Waals surface area (Å²) in [6.45, 7) is 5.72. The summed E-state index contributed by atoms with van der Waals surface area (Å²) in [5.74, 6) is -1.81. The van der Waals surface area contributed by atoms with Crippen LogP contribution in [-0.4, -0.2) is 90.2 Å². The van der Waals surface area contributed by atoms with E-state index in [1.807, 2.05) is 72.8 Å². The van der Waals surface area contributed by atoms with Gasteiger partial charge in [0.1, 0.15) is 5.60 Å². The van der Waals surface area contributed by atoms with Gasteiger partial charge < -0.3 is 14.7 Å². The molecule has 0 aromatic heterocycles. The molecule has 9 heteroatoms. The molecule has 5 rings (SSSR count). The fourth-order valence-electron chi connectivity index (χ4n) is 5.44. The molecule has 9 nitrogen and oxygen atoms in total. The molecule has 2 saturated heterocycles. The second kappa shape index (κ2) is 13.2. The highest BCUT2D eigenvalue weighted by molar-refractivity contribution is 6.02. The lowest BCUT2D eigenvalue weighted by atomic mass is 9.80. The normalized spacial score (nSPS) is 16.8. The summed E-state index contributed by atoms with van der Waals surface area (Å²) in [5, 5.41) is 9.80. The number of hydrogen-bond donors (Lipinski definition) is 1. The van der Waals surface area contributed by atoms with Crippen LogP contribution < -0.4 is 0 Å². The summed E-state index contributed by atoms with van der Waals surface area (Å²) >= 11 is 0. The number of ether oxygens (including phenoxy) is 1. The van der Waals surface area contributed by atoms with Gasteiger partial charge >= 0.3 is 5.97 Å². The van der Waals surface area contributed by atoms with Crippen molar-refractivity contribution >= 4 is 17.8 Å². The summed E-state index contributed by atoms with van der Waals surface area (Å²) in [6.07, 6.45) is 0.0782. The second-order valence-electron chi connectivity index (χ2n) is 10.2. The predicted molar refractivity (Wildman–Crippen MR) is 152 cm³/mol. The molecule has 214 valence electrons. The van der Waals surface area contributed by atoms with Crippen molar-refractivity contribution in [2.75, 3.05) is 52.5 Å². The molecule has 2 aliphatic heterocycles. The van der Waals surface area contributed by atoms with Crippen LogP contribution in [0.3, 0.4) is 0 Å². The van der Waals surface area contributed by atoms with E-state index in [1.165, 1.54) is 0 Å². The highest BCUT2D eigenvalue weighted by Crippen LogP contribution is 2.40. The molecule has 0 bridgehead atoms. The maximum atomic E-state index is 12.8. The Hall–Kier alpha value is -3.89. The van der Waals surface area contributed by atoms with Gasteiger partial charge in [0, 0.05) is 52.1 Å². The van der Waals surface area contributed by atoms with E-state index < -0.39 is 23.4 Å². The molecule has 2 heterocycles. The van der Waals surface area contributed by atoms with Gasteiger partial charge in [0.15, 0.2) is 0 Å². The van der Waals surface area contributed by atoms with Crippen LogP contribution in [0.5, 0.6) is 0 Å². The number of rotatable bonds is 11. The molecule has 0 aliphatic carbocycles. The molecule has 41 heavy (non-hydrogen) atoms. The molecule has 0 unspecified atom stereocenters. The van der Waals surface area contributed by atoms with E-state index in [4.69, 9.17) is 9.57 Å². The Morgan fingerprint density at radius 3 is 1.71 bits per heavy atom. The number of amides is 2. The van der Waals surface area contributed by atoms with Crippen LogP contribution in [0.2, 0.25) is 0 Å². The topological polar surface area (TPSA) is 99.6 Å². The van der Waals surface area contributed by atoms with E-state index in [-0.39, 0.29) is 25.0 Å². The smallest absolute Gasteiger partial charge is 0.363 e. The molecule has 3 aromatic carbocycles. The van der Waals surface area contributed by atoms with E-state index in [9.17, 15) is 19.5 Å². The molecule has 2 aliphatic rings. The highest BCUT2D eigenvalue weighted by atomic mass is 16.7. The fraction of sp³-hybridized carbons (Fsp3) is 0.344. The first-order chi connectivity index (χ1) is 20.0. The molecular weight excluding hydrogens is 522 g/mol. The van der Waals surface area contributed by atoms with Crippen molar-refractivity contribution in [1.29, 1.82) is 0 Å². The van der Waals surface area contributed by atoms with Crippen LogP contribution in [0.15, 0.2) is 84.9 Å². The summed E-state index contributed by atoms with van der Waals surface area (Å²) in [6, 6.07) is 26.9. The van der Waals surface area contributed by atoms with Gasteiger partial charge in [-0.2, -0.15) is 0 Å². The Morgan fingerprint density at radius 2 is 1.20 bits per heavy atom. The maximum absolute atomic E-state index is 12.8. The first-order valence-corrected chi connectivity index (χ1v) is 14.0. The van der Waals surface area contributed by atoms with Gasteiger partial charge in [0.2, 0.25) is 0 Å². The Labute approximate surface area is 239 Å². The minimum atomic E-state index is -0.954. The number of benzene rings is 3. The van der Waals surface area contributed by atoms with Gasteiger partial charge in [-0.25, -0.2) is 4.79 Å². The lowest BCUT2D eigenvalue weighted by molar-refractivity contribution is -0.172. The van der Waals surface area contributed by atoms with Crippen molar-refractivity contribution in [2.24, 2.45) is 0 Å². The monoisotopic (exact) mass is 557 g/mol. The first-order valence-electron chi connectivity index (χ1n) is 14.0. The van der Waals surface area contributed by atoms with Crippen LogP contribution in [0.4, 0.5) is 0 Å². The van der Waals surface area contributed by atoms with Crippen LogP contribution in [0, 0.1) is 0 Å². The number of carbonyl (C=O) groups excluding carboxylic acids is 3. The lowest BCUT2D eigenvalue weighted by Crippen LogP contribution is -2.48. The number of hydroxylamine groups is 2. The number of aliphatic hydroxyl groups excluding tert-OH is 1. The number of piperazine rings is 1. The fourth-order valence-corrected chi connectivity index (χ4v) is 5.44. The molecular formula is C32H35N3O6. The SMILES string of the molecule is O=C(ON1C(=O)CCC1=O)c1ccc(C(OCCN2CCN(CCO)CC2)(c2ccccc2)c2ccccc2)cc1. The zero-order chi connectivity index (χ0) is 28.7. The Morgan fingerprint density at radius 1 is 0.707 bits per heavy atom. The molecule has 3 aromatic rings. The number of imide groups is 1. The summed E-state index contributed by atoms with van der Waals surface area (Å²) in [5.41, 5.74) is 1.99. The molecule has 1 N–H and O–H groups in total. The number of aliphatic hydroxyl groups is 1. The van der Waals surface area contributed by atoms with Crippen LogP contribution in [0.25, 0.3) is 0 Å². The standard InChI is InChI=1S/C32H35N3O6/c36-23-21-33-17-19-34(20-18-33)22-24-40-32(26-7-3-1-4-8-26,27-9-5-2-6-10-27)28-13-11-25(12-14-28)31(39)41-35-29(37)15-16-30(35)38/h1-14,36H,15-24H2. The predicted octanol–water partition coefficient (Wildman–Crippen LogP) is 2.83. The van der Waals surface area contributed by atoms with E-state index in [2.05, 4.69) is 9.80 Å². The van der Waals surface area contributed by atoms with Gasteiger partial charge in [0.25, 0.3) is 11.8 Å². The van der Waals surface area contributed by atoms with Gasteiger partial charge in [0.05, 0.1) is 18.8 Å². The summed E-state index contributed by atoms with van der Waals surface area (Å²) in [7, 11) is 0. The Balaban J connectivity index is 1.41. The average molecular weight is 558 g/mol. The minimum absolute atomic E-state index is 0.0391. The van der Waals surface area contributed by atoms with Crippen molar-refractivity contribution < 1.29 is 29.1 Å². The summed E-state index contributed by atoms with van der Waals surface area (Å²) < 4.78 is 6.89. The van der Waals surface area contributed by atoms with E-state index in [0.29, 0.717) is 18.2 Å². The number of hydrogen-bond acceptors (Lipinski definition) is 8. The van der Waals surface area contributed by atoms with Crippen molar-refractivity contribution in [3.05, 3.63) is 107 Å². The van der Waals surface area contributed by atoms with Gasteiger partial charge in [-0.05, 0) is 28.8 Å². The number of carbonyl (C=O) groups is 3. The van der Waals surface area contributed by atoms with Crippen LogP contribution in [-0.2, 0) is 24.8 Å². The van der Waals surface area contributed by atoms with Crippen molar-refractivity contribution in [3.63, 3.8) is 0 Å². The van der Waals surface area contributed by atoms with Gasteiger partial charge in [-0.15, -0.1) is 5.06 Å². The average Bonchev–Trinajstić information content (AvgIpc) is 3.33. The van der Waals surface area contributed by atoms with Crippen LogP contribution in [0.1, 0.15) is 39.9 Å². The molecule has 0 spiro atoms. The van der Waals surface area contributed by atoms with E-state index in [0.717, 1.165) is 49.4 Å². The highest BCUT2D eigenvalue weighted by Gasteiger charge is 2.38. The number of nitrogens with zero attached hydrogens (tertiary/aromatic N) is 3. The molecule has 2 fully saturated rings. The largest absolute Gasteiger partial charge is 0.395 e. The molecule has 2 amide bonds. The maximum Gasteiger partial charge on any atom is 0.363 e. The second-order valence-corrected chi connectivity index (χ2v) is 10.2. The van der Waals surface area contributed by atoms with E-state index in [1.54, 1.807) is 12.1 Å². The quantitative estimate of drug-likeness (QED) is 0.284. The van der Waals surface area contributed by atoms with Gasteiger partial charge in [-0.3, -0.25) is 19.4 Å². The third-order valence-electron chi connectivity index (χ3n) is 7.67. The number of β-amino-alcohol motifs (C(OH)–C–C–N with tert-alkyl or cyclic N) is 1. The lowest BCUT2D eigenvalue weighted by Gasteiger charge is -2.38. The summed E-state index contributed by atoms with van der Waals surface area (Å²) in [4.78, 5) is 46.3. The van der Waals surface area contributed by atoms with Crippen molar-refractivity contribution in [3.8, 4) is 0 Å². The third kappa shape index (κ3) is 6.39. The zero-order valence-corrected chi connectivity index (χ0v) is 23.0. The molecule has 0 saturated carbocycles. The Bertz CT molecular complexity index is 1270.